The highest BCUT2D eigenvalue weighted by Gasteiger charge is 2.35. The van der Waals surface area contributed by atoms with Gasteiger partial charge < -0.3 is 4.74 Å². The van der Waals surface area contributed by atoms with Crippen LogP contribution in [-0.2, 0) is 9.53 Å². The molecule has 0 fully saturated rings. The fraction of sp³-hybridized carbons (Fsp3) is 0.875. The van der Waals surface area contributed by atoms with E-state index in [0.29, 0.717) is 12.8 Å². The maximum Gasteiger partial charge on any atom is 0.327 e. The van der Waals surface area contributed by atoms with Gasteiger partial charge in [0.25, 0.3) is 0 Å². The average Bonchev–Trinajstić information content (AvgIpc) is 2.11. The first-order chi connectivity index (χ1) is 6.25. The highest BCUT2D eigenvalue weighted by molar-refractivity contribution is 6.67. The lowest BCUT2D eigenvalue weighted by atomic mass is 10.0. The molecule has 0 aromatic heterocycles. The molecule has 84 valence electrons. The summed E-state index contributed by atoms with van der Waals surface area (Å²) in [6, 6.07) is 0. The second-order valence-electron chi connectivity index (χ2n) is 2.86. The molecular weight excluding hydrogens is 270 g/mol. The van der Waals surface area contributed by atoms with Gasteiger partial charge in [0.05, 0.1) is 0 Å². The summed E-state index contributed by atoms with van der Waals surface area (Å²) in [6.45, 7) is 3.31. The van der Waals surface area contributed by atoms with Gasteiger partial charge in [-0.15, -0.1) is 11.6 Å². The van der Waals surface area contributed by atoms with Gasteiger partial charge in [0.1, 0.15) is 11.5 Å². The van der Waals surface area contributed by atoms with Gasteiger partial charge in [-0.1, -0.05) is 48.7 Å². The number of hydrogen-bond acceptors (Lipinski definition) is 2. The molecule has 0 aromatic carbocycles. The summed E-state index contributed by atoms with van der Waals surface area (Å²) in [5.41, 5.74) is 0. The Labute approximate surface area is 104 Å². The van der Waals surface area contributed by atoms with Gasteiger partial charge in [0, 0.05) is 0 Å². The van der Waals surface area contributed by atoms with Crippen molar-refractivity contribution in [2.45, 2.75) is 35.4 Å². The van der Waals surface area contributed by atoms with Gasteiger partial charge in [0.15, 0.2) is 0 Å². The normalized spacial score (nSPS) is 12.7. The third-order valence-corrected chi connectivity index (χ3v) is 2.87. The largest absolute Gasteiger partial charge is 0.460 e. The van der Waals surface area contributed by atoms with E-state index in [4.69, 9.17) is 51.1 Å². The van der Waals surface area contributed by atoms with Crippen LogP contribution in [0.15, 0.2) is 0 Å². The fourth-order valence-electron chi connectivity index (χ4n) is 0.815. The molecule has 6 heteroatoms. The number of ether oxygens (including phenoxy) is 1. The van der Waals surface area contributed by atoms with Crippen LogP contribution in [0, 0.1) is 0 Å². The second-order valence-corrected chi connectivity index (χ2v) is 6.10. The fourth-order valence-corrected chi connectivity index (χ4v) is 1.03. The van der Waals surface area contributed by atoms with Crippen molar-refractivity contribution in [3.63, 3.8) is 0 Å². The molecule has 0 aromatic rings. The Morgan fingerprint density at radius 2 is 1.57 bits per heavy atom. The summed E-state index contributed by atoms with van der Waals surface area (Å²) >= 11 is 22.3. The maximum atomic E-state index is 11.4. The molecule has 0 heterocycles. The molecule has 0 saturated carbocycles. The predicted molar refractivity (Wildman–Crippen MR) is 60.4 cm³/mol. The van der Waals surface area contributed by atoms with Crippen LogP contribution in [0.2, 0.25) is 0 Å². The number of carbonyl (C=O) groups is 1. The first-order valence-corrected chi connectivity index (χ1v) is 5.69. The summed E-state index contributed by atoms with van der Waals surface area (Å²) in [5, 5.41) is 0. The molecule has 0 N–H and O–H groups in total. The summed E-state index contributed by atoms with van der Waals surface area (Å²) in [5.74, 6) is -0.546. The van der Waals surface area contributed by atoms with Crippen molar-refractivity contribution in [2.24, 2.45) is 0 Å². The van der Waals surface area contributed by atoms with Crippen LogP contribution in [0.5, 0.6) is 0 Å². The Kier molecular flexibility index (Phi) is 5.90. The van der Waals surface area contributed by atoms with E-state index < -0.39 is 14.6 Å². The quantitative estimate of drug-likeness (QED) is 0.580. The van der Waals surface area contributed by atoms with Gasteiger partial charge >= 0.3 is 5.97 Å². The Morgan fingerprint density at radius 1 is 1.14 bits per heavy atom. The molecule has 0 saturated heterocycles. The van der Waals surface area contributed by atoms with E-state index in [1.54, 1.807) is 13.8 Å². The van der Waals surface area contributed by atoms with Crippen molar-refractivity contribution in [1.29, 1.82) is 0 Å². The van der Waals surface area contributed by atoms with E-state index in [9.17, 15) is 4.79 Å². The minimum absolute atomic E-state index is 0.287. The van der Waals surface area contributed by atoms with Gasteiger partial charge in [-0.25, -0.2) is 0 Å². The highest BCUT2D eigenvalue weighted by atomic mass is 35.6. The van der Waals surface area contributed by atoms with E-state index in [1.807, 2.05) is 0 Å². The molecule has 0 bridgehead atoms. The zero-order valence-electron chi connectivity index (χ0n) is 7.95. The van der Waals surface area contributed by atoms with Crippen molar-refractivity contribution < 1.29 is 9.53 Å². The number of esters is 1. The second kappa shape index (κ2) is 5.64. The molecule has 14 heavy (non-hydrogen) atoms. The van der Waals surface area contributed by atoms with Gasteiger partial charge in [-0.05, 0) is 12.8 Å². The standard InChI is InChI=1S/C8H12Cl4O2/c1-3-7(9,4-2)6(13)14-5-8(10,11)12/h3-5H2,1-2H3. The predicted octanol–water partition coefficient (Wildman–Crippen LogP) is 3.70. The van der Waals surface area contributed by atoms with E-state index >= 15 is 0 Å². The third kappa shape index (κ3) is 4.92. The summed E-state index contributed by atoms with van der Waals surface area (Å²) in [6.07, 6.45) is 0.952. The van der Waals surface area contributed by atoms with Crippen LogP contribution in [0.25, 0.3) is 0 Å². The molecular formula is C8H12Cl4O2. The Hall–Kier alpha value is 0.630. The van der Waals surface area contributed by atoms with Crippen molar-refractivity contribution in [1.82, 2.24) is 0 Å². The molecule has 0 spiro atoms. The van der Waals surface area contributed by atoms with Crippen LogP contribution >= 0.6 is 46.4 Å². The topological polar surface area (TPSA) is 26.3 Å². The first kappa shape index (κ1) is 14.6. The number of alkyl halides is 4. The minimum Gasteiger partial charge on any atom is -0.460 e. The van der Waals surface area contributed by atoms with Crippen LogP contribution in [0.3, 0.4) is 0 Å². The van der Waals surface area contributed by atoms with E-state index in [1.165, 1.54) is 0 Å². The number of carbonyl (C=O) groups excluding carboxylic acids is 1. The molecule has 0 rings (SSSR count). The molecule has 0 unspecified atom stereocenters. The van der Waals surface area contributed by atoms with Crippen LogP contribution in [0.1, 0.15) is 26.7 Å². The third-order valence-electron chi connectivity index (χ3n) is 1.85. The Bertz CT molecular complexity index is 196. The average molecular weight is 282 g/mol. The molecule has 0 radical (unpaired) electrons. The lowest BCUT2D eigenvalue weighted by Crippen LogP contribution is -2.34. The summed E-state index contributed by atoms with van der Waals surface area (Å²) in [4.78, 5) is 10.4. The van der Waals surface area contributed by atoms with Gasteiger partial charge in [-0.2, -0.15) is 0 Å². The SMILES string of the molecule is CCC(Cl)(CC)C(=O)OCC(Cl)(Cl)Cl. The van der Waals surface area contributed by atoms with Crippen molar-refractivity contribution in [3.05, 3.63) is 0 Å². The summed E-state index contributed by atoms with van der Waals surface area (Å²) in [7, 11) is 0. The van der Waals surface area contributed by atoms with Crippen LogP contribution in [-0.4, -0.2) is 21.2 Å². The van der Waals surface area contributed by atoms with Crippen LogP contribution in [0.4, 0.5) is 0 Å². The molecule has 0 amide bonds. The van der Waals surface area contributed by atoms with Gasteiger partial charge in [-0.3, -0.25) is 4.79 Å². The summed E-state index contributed by atoms with van der Waals surface area (Å²) < 4.78 is 3.20. The minimum atomic E-state index is -1.59. The van der Waals surface area contributed by atoms with Crippen molar-refractivity contribution in [3.8, 4) is 0 Å². The Morgan fingerprint density at radius 3 is 1.86 bits per heavy atom. The highest BCUT2D eigenvalue weighted by Crippen LogP contribution is 2.29. The molecule has 0 aliphatic rings. The van der Waals surface area contributed by atoms with E-state index in [2.05, 4.69) is 0 Å². The van der Waals surface area contributed by atoms with Gasteiger partial charge in [0.2, 0.25) is 3.79 Å². The smallest absolute Gasteiger partial charge is 0.327 e. The molecule has 0 aliphatic heterocycles. The van der Waals surface area contributed by atoms with E-state index in [0.717, 1.165) is 0 Å². The number of rotatable bonds is 4. The number of hydrogen-bond donors (Lipinski definition) is 0. The zero-order chi connectivity index (χ0) is 11.4. The molecule has 0 atom stereocenters. The first-order valence-electron chi connectivity index (χ1n) is 4.18. The zero-order valence-corrected chi connectivity index (χ0v) is 11.0. The lowest BCUT2D eigenvalue weighted by molar-refractivity contribution is -0.147. The monoisotopic (exact) mass is 280 g/mol. The van der Waals surface area contributed by atoms with Crippen LogP contribution < -0.4 is 0 Å². The molecule has 2 nitrogen and oxygen atoms in total. The Balaban J connectivity index is 4.20. The maximum absolute atomic E-state index is 11.4. The number of halogens is 4. The van der Waals surface area contributed by atoms with E-state index in [-0.39, 0.29) is 6.61 Å². The molecule has 0 aliphatic carbocycles. The lowest BCUT2D eigenvalue weighted by Gasteiger charge is -2.22. The van der Waals surface area contributed by atoms with Crippen molar-refractivity contribution in [2.75, 3.05) is 6.61 Å². The van der Waals surface area contributed by atoms with Crippen molar-refractivity contribution >= 4 is 52.4 Å².